The zero-order valence-electron chi connectivity index (χ0n) is 19.7. The van der Waals surface area contributed by atoms with E-state index in [4.69, 9.17) is 26.4 Å². The van der Waals surface area contributed by atoms with Gasteiger partial charge in [0.2, 0.25) is 0 Å². The molecule has 0 spiro atoms. The van der Waals surface area contributed by atoms with Crippen molar-refractivity contribution in [3.63, 3.8) is 0 Å². The zero-order chi connectivity index (χ0) is 25.0. The number of nitrogens with zero attached hydrogens (tertiary/aromatic N) is 3. The summed E-state index contributed by atoms with van der Waals surface area (Å²) in [4.78, 5) is 27.3. The molecule has 2 aliphatic rings. The molecule has 2 amide bonds. The number of carbonyl (C=O) groups is 2. The van der Waals surface area contributed by atoms with E-state index in [0.29, 0.717) is 17.9 Å². The van der Waals surface area contributed by atoms with E-state index in [1.165, 1.54) is 21.9 Å². The largest absolute Gasteiger partial charge is 0.490 e. The summed E-state index contributed by atoms with van der Waals surface area (Å²) >= 11 is 4.99. The average molecular weight is 501 g/mol. The van der Waals surface area contributed by atoms with Crippen LogP contribution in [0.3, 0.4) is 0 Å². The Kier molecular flexibility index (Phi) is 8.13. The Morgan fingerprint density at radius 3 is 2.53 bits per heavy atom. The molecule has 0 aliphatic carbocycles. The maximum absolute atomic E-state index is 15.1. The Balaban J connectivity index is 1.68. The number of hydrogen-bond donors (Lipinski definition) is 1. The Morgan fingerprint density at radius 2 is 1.91 bits per heavy atom. The number of nitrogens with one attached hydrogen (secondary N) is 1. The summed E-state index contributed by atoms with van der Waals surface area (Å²) in [6.07, 6.45) is -0.803. The minimum Gasteiger partial charge on any atom is -0.490 e. The van der Waals surface area contributed by atoms with Gasteiger partial charge in [0.15, 0.2) is 16.7 Å². The first-order chi connectivity index (χ1) is 16.0. The summed E-state index contributed by atoms with van der Waals surface area (Å²) in [5.74, 6) is -1.62. The van der Waals surface area contributed by atoms with E-state index >= 15 is 8.78 Å². The van der Waals surface area contributed by atoms with Gasteiger partial charge in [0, 0.05) is 38.2 Å². The van der Waals surface area contributed by atoms with Crippen molar-refractivity contribution in [2.24, 2.45) is 0 Å². The fraction of sp³-hybridized carbons (Fsp3) is 0.591. The molecule has 9 nitrogen and oxygen atoms in total. The maximum atomic E-state index is 15.1. The van der Waals surface area contributed by atoms with Crippen LogP contribution in [-0.2, 0) is 14.2 Å². The van der Waals surface area contributed by atoms with Gasteiger partial charge in [-0.1, -0.05) is 0 Å². The summed E-state index contributed by atoms with van der Waals surface area (Å²) in [5.41, 5.74) is 2.11. The Bertz CT molecular complexity index is 919. The molecule has 3 rings (SSSR count). The molecule has 0 radical (unpaired) electrons. The summed E-state index contributed by atoms with van der Waals surface area (Å²) in [6, 6.07) is 2.23. The molecule has 2 aliphatic heterocycles. The number of anilines is 2. The van der Waals surface area contributed by atoms with Crippen LogP contribution in [0.15, 0.2) is 12.1 Å². The standard InChI is InChI=1S/C22H30F2N4O5S/c1-22(2,3)33-21(30)28-10-9-26(8-7-25-28)19-16(23)11-14(12-17(19)24)27-13-15(32-20(27)29)5-6-18(34)31-4/h11-12,15,25H,5-10,13H2,1-4H3/t15-/m0/s1. The molecule has 188 valence electrons. The number of hydrazine groups is 1. The van der Waals surface area contributed by atoms with Crippen LogP contribution in [0, 0.1) is 11.6 Å². The van der Waals surface area contributed by atoms with Crippen LogP contribution in [0.25, 0.3) is 0 Å². The fourth-order valence-electron chi connectivity index (χ4n) is 3.70. The van der Waals surface area contributed by atoms with Crippen LogP contribution < -0.4 is 15.2 Å². The Hall–Kier alpha value is -2.73. The van der Waals surface area contributed by atoms with Crippen molar-refractivity contribution in [2.45, 2.75) is 45.3 Å². The van der Waals surface area contributed by atoms with E-state index in [1.54, 1.807) is 20.8 Å². The molecule has 34 heavy (non-hydrogen) atoms. The molecule has 1 atom stereocenters. The second-order valence-corrected chi connectivity index (χ2v) is 9.47. The minimum atomic E-state index is -0.808. The molecule has 2 fully saturated rings. The molecular formula is C22H30F2N4O5S. The van der Waals surface area contributed by atoms with Crippen molar-refractivity contribution in [1.29, 1.82) is 0 Å². The van der Waals surface area contributed by atoms with Crippen molar-refractivity contribution < 1.29 is 32.6 Å². The van der Waals surface area contributed by atoms with Crippen molar-refractivity contribution in [1.82, 2.24) is 10.4 Å². The SMILES string of the molecule is COC(=S)CC[C@H]1CN(c2cc(F)c(N3CCNN(C(=O)OC(C)(C)C)CC3)c(F)c2)C(=O)O1. The lowest BCUT2D eigenvalue weighted by atomic mass is 10.2. The first-order valence-electron chi connectivity index (χ1n) is 11.0. The zero-order valence-corrected chi connectivity index (χ0v) is 20.5. The van der Waals surface area contributed by atoms with Gasteiger partial charge in [-0.3, -0.25) is 4.90 Å². The number of methoxy groups -OCH3 is 1. The first-order valence-corrected chi connectivity index (χ1v) is 11.4. The van der Waals surface area contributed by atoms with Crippen molar-refractivity contribution in [3.8, 4) is 0 Å². The first kappa shape index (κ1) is 25.9. The minimum absolute atomic E-state index is 0.0731. The summed E-state index contributed by atoms with van der Waals surface area (Å²) in [6.45, 7) is 6.33. The average Bonchev–Trinajstić information content (AvgIpc) is 2.95. The number of cyclic esters (lactones) is 1. The van der Waals surface area contributed by atoms with E-state index in [1.807, 2.05) is 0 Å². The highest BCUT2D eigenvalue weighted by molar-refractivity contribution is 7.80. The van der Waals surface area contributed by atoms with E-state index in [-0.39, 0.29) is 44.1 Å². The third kappa shape index (κ3) is 6.44. The molecule has 0 bridgehead atoms. The number of hydrogen-bond acceptors (Lipinski definition) is 8. The lowest BCUT2D eigenvalue weighted by molar-refractivity contribution is 0.0161. The predicted octanol–water partition coefficient (Wildman–Crippen LogP) is 3.61. The molecule has 1 aromatic rings. The monoisotopic (exact) mass is 500 g/mol. The van der Waals surface area contributed by atoms with Gasteiger partial charge in [-0.2, -0.15) is 0 Å². The number of benzene rings is 1. The number of rotatable bonds is 5. The molecule has 0 unspecified atom stereocenters. The second-order valence-electron chi connectivity index (χ2n) is 9.02. The van der Waals surface area contributed by atoms with E-state index < -0.39 is 35.5 Å². The second kappa shape index (κ2) is 10.7. The summed E-state index contributed by atoms with van der Waals surface area (Å²) in [7, 11) is 1.47. The summed E-state index contributed by atoms with van der Waals surface area (Å²) < 4.78 is 45.7. The summed E-state index contributed by atoms with van der Waals surface area (Å²) in [5, 5.41) is 1.69. The molecule has 0 aromatic heterocycles. The highest BCUT2D eigenvalue weighted by Crippen LogP contribution is 2.32. The molecule has 2 heterocycles. The number of halogens is 2. The number of amides is 2. The van der Waals surface area contributed by atoms with Crippen LogP contribution in [0.4, 0.5) is 29.7 Å². The molecular weight excluding hydrogens is 470 g/mol. The quantitative estimate of drug-likeness (QED) is 0.614. The van der Waals surface area contributed by atoms with Gasteiger partial charge in [0.25, 0.3) is 0 Å². The van der Waals surface area contributed by atoms with Gasteiger partial charge in [-0.05, 0) is 39.4 Å². The lowest BCUT2D eigenvalue weighted by Crippen LogP contribution is -2.46. The van der Waals surface area contributed by atoms with E-state index in [2.05, 4.69) is 5.43 Å². The third-order valence-corrected chi connectivity index (χ3v) is 5.66. The Morgan fingerprint density at radius 1 is 1.24 bits per heavy atom. The van der Waals surface area contributed by atoms with Gasteiger partial charge in [-0.15, -0.1) is 0 Å². The number of thiocarbonyl (C=S) groups is 1. The molecule has 1 aromatic carbocycles. The highest BCUT2D eigenvalue weighted by atomic mass is 32.1. The predicted molar refractivity (Wildman–Crippen MR) is 126 cm³/mol. The van der Waals surface area contributed by atoms with E-state index in [9.17, 15) is 9.59 Å². The normalized spacial score (nSPS) is 19.1. The van der Waals surface area contributed by atoms with Crippen LogP contribution in [0.2, 0.25) is 0 Å². The van der Waals surface area contributed by atoms with Gasteiger partial charge < -0.3 is 19.1 Å². The molecule has 2 saturated heterocycles. The van der Waals surface area contributed by atoms with Gasteiger partial charge >= 0.3 is 12.2 Å². The highest BCUT2D eigenvalue weighted by Gasteiger charge is 2.34. The van der Waals surface area contributed by atoms with Gasteiger partial charge in [0.05, 0.1) is 25.9 Å². The van der Waals surface area contributed by atoms with Crippen LogP contribution in [0.5, 0.6) is 0 Å². The fourth-order valence-corrected chi connectivity index (χ4v) is 3.82. The smallest absolute Gasteiger partial charge is 0.424 e. The number of carbonyl (C=O) groups excluding carboxylic acids is 2. The van der Waals surface area contributed by atoms with Crippen molar-refractivity contribution in [3.05, 3.63) is 23.8 Å². The van der Waals surface area contributed by atoms with Gasteiger partial charge in [-0.25, -0.2) is 28.8 Å². The number of ether oxygens (including phenoxy) is 3. The topological polar surface area (TPSA) is 83.6 Å². The van der Waals surface area contributed by atoms with Crippen molar-refractivity contribution >= 4 is 40.8 Å². The molecule has 12 heteroatoms. The van der Waals surface area contributed by atoms with E-state index in [0.717, 1.165) is 12.1 Å². The molecule has 0 saturated carbocycles. The third-order valence-electron chi connectivity index (χ3n) is 5.29. The van der Waals surface area contributed by atoms with Crippen LogP contribution >= 0.6 is 12.2 Å². The van der Waals surface area contributed by atoms with Crippen molar-refractivity contribution in [2.75, 3.05) is 49.6 Å². The van der Waals surface area contributed by atoms with Gasteiger partial charge in [0.1, 0.15) is 17.4 Å². The van der Waals surface area contributed by atoms with Crippen LogP contribution in [-0.4, -0.2) is 73.8 Å². The molecule has 1 N–H and O–H groups in total. The lowest BCUT2D eigenvalue weighted by Gasteiger charge is -2.27. The van der Waals surface area contributed by atoms with Crippen LogP contribution in [0.1, 0.15) is 33.6 Å². The Labute approximate surface area is 202 Å². The maximum Gasteiger partial charge on any atom is 0.424 e.